The summed E-state index contributed by atoms with van der Waals surface area (Å²) in [7, 11) is 0. The normalized spacial score (nSPS) is 11.2. The van der Waals surface area contributed by atoms with E-state index in [0.717, 1.165) is 6.07 Å². The van der Waals surface area contributed by atoms with E-state index in [0.29, 0.717) is 16.1 Å². The van der Waals surface area contributed by atoms with Gasteiger partial charge in [-0.15, -0.1) is 0 Å². The molecule has 0 heterocycles. The lowest BCUT2D eigenvalue weighted by Gasteiger charge is -2.15. The van der Waals surface area contributed by atoms with Gasteiger partial charge in [0.25, 0.3) is 0 Å². The summed E-state index contributed by atoms with van der Waals surface area (Å²) in [5.74, 6) is 0. The van der Waals surface area contributed by atoms with Crippen LogP contribution in [0.1, 0.15) is 11.1 Å². The first kappa shape index (κ1) is 14.4. The average molecular weight is 296 g/mol. The van der Waals surface area contributed by atoms with Crippen molar-refractivity contribution in [2.45, 2.75) is 12.6 Å². The summed E-state index contributed by atoms with van der Waals surface area (Å²) in [4.78, 5) is 0. The molecule has 5 heteroatoms. The molecule has 0 saturated heterocycles. The van der Waals surface area contributed by atoms with E-state index >= 15 is 0 Å². The molecule has 0 N–H and O–H groups in total. The van der Waals surface area contributed by atoms with Gasteiger partial charge in [-0.2, -0.15) is 18.4 Å². The highest BCUT2D eigenvalue weighted by atomic mass is 35.5. The lowest BCUT2D eigenvalue weighted by Crippen LogP contribution is -2.07. The second-order valence-electron chi connectivity index (χ2n) is 4.14. The van der Waals surface area contributed by atoms with Crippen LogP contribution < -0.4 is 0 Å². The van der Waals surface area contributed by atoms with Gasteiger partial charge < -0.3 is 0 Å². The molecule has 0 unspecified atom stereocenters. The van der Waals surface area contributed by atoms with Crippen LogP contribution in [0.15, 0.2) is 42.5 Å². The molecule has 0 aliphatic rings. The smallest absolute Gasteiger partial charge is 0.198 e. The Morgan fingerprint density at radius 3 is 2.30 bits per heavy atom. The second-order valence-corrected chi connectivity index (χ2v) is 4.55. The number of nitriles is 1. The maximum atomic E-state index is 13.1. The minimum atomic E-state index is -4.46. The molecule has 0 aliphatic heterocycles. The highest BCUT2D eigenvalue weighted by Gasteiger charge is 2.33. The van der Waals surface area contributed by atoms with E-state index in [9.17, 15) is 13.2 Å². The van der Waals surface area contributed by atoms with Crippen LogP contribution >= 0.6 is 11.6 Å². The largest absolute Gasteiger partial charge is 0.417 e. The Balaban J connectivity index is 2.70. The lowest BCUT2D eigenvalue weighted by atomic mass is 9.94. The number of hydrogen-bond donors (Lipinski definition) is 0. The first-order valence-electron chi connectivity index (χ1n) is 5.76. The first-order chi connectivity index (χ1) is 9.45. The van der Waals surface area contributed by atoms with Crippen molar-refractivity contribution < 1.29 is 13.2 Å². The second kappa shape index (κ2) is 5.56. The van der Waals surface area contributed by atoms with Crippen molar-refractivity contribution in [3.05, 3.63) is 58.6 Å². The highest BCUT2D eigenvalue weighted by molar-refractivity contribution is 6.31. The predicted octanol–water partition coefficient (Wildman–Crippen LogP) is 5.09. The SMILES string of the molecule is N#CCc1c(Cl)cccc1-c1ccccc1C(F)(F)F. The Morgan fingerprint density at radius 2 is 1.65 bits per heavy atom. The van der Waals surface area contributed by atoms with Gasteiger partial charge in [0.05, 0.1) is 18.1 Å². The van der Waals surface area contributed by atoms with Gasteiger partial charge in [0.1, 0.15) is 0 Å². The van der Waals surface area contributed by atoms with Crippen LogP contribution in [0.25, 0.3) is 11.1 Å². The van der Waals surface area contributed by atoms with Gasteiger partial charge in [-0.3, -0.25) is 0 Å². The third kappa shape index (κ3) is 2.78. The van der Waals surface area contributed by atoms with Gasteiger partial charge in [-0.1, -0.05) is 41.9 Å². The number of alkyl halides is 3. The molecule has 2 aromatic carbocycles. The number of benzene rings is 2. The number of nitrogens with zero attached hydrogens (tertiary/aromatic N) is 1. The zero-order valence-electron chi connectivity index (χ0n) is 10.2. The molecule has 102 valence electrons. The molecule has 0 atom stereocenters. The van der Waals surface area contributed by atoms with Crippen LogP contribution in [0.4, 0.5) is 13.2 Å². The van der Waals surface area contributed by atoms with Crippen LogP contribution in [0.2, 0.25) is 5.02 Å². The highest BCUT2D eigenvalue weighted by Crippen LogP contribution is 2.39. The topological polar surface area (TPSA) is 23.8 Å². The van der Waals surface area contributed by atoms with Crippen LogP contribution in [0.3, 0.4) is 0 Å². The molecule has 1 nitrogen and oxygen atoms in total. The molecule has 0 amide bonds. The van der Waals surface area contributed by atoms with Crippen molar-refractivity contribution in [2.75, 3.05) is 0 Å². The molecule has 0 fully saturated rings. The maximum Gasteiger partial charge on any atom is 0.417 e. The van der Waals surface area contributed by atoms with Crippen LogP contribution in [-0.2, 0) is 12.6 Å². The molecule has 20 heavy (non-hydrogen) atoms. The molecular formula is C15H9ClF3N. The quantitative estimate of drug-likeness (QED) is 0.757. The van der Waals surface area contributed by atoms with E-state index in [4.69, 9.17) is 16.9 Å². The first-order valence-corrected chi connectivity index (χ1v) is 6.14. The Labute approximate surface area is 119 Å². The van der Waals surface area contributed by atoms with Gasteiger partial charge in [0, 0.05) is 5.02 Å². The third-order valence-electron chi connectivity index (χ3n) is 2.90. The number of rotatable bonds is 2. The molecule has 0 saturated carbocycles. The summed E-state index contributed by atoms with van der Waals surface area (Å²) in [5.41, 5.74) is 0.0505. The van der Waals surface area contributed by atoms with Crippen LogP contribution in [-0.4, -0.2) is 0 Å². The zero-order valence-corrected chi connectivity index (χ0v) is 11.0. The maximum absolute atomic E-state index is 13.1. The third-order valence-corrected chi connectivity index (χ3v) is 3.25. The Kier molecular flexibility index (Phi) is 4.01. The summed E-state index contributed by atoms with van der Waals surface area (Å²) in [6.07, 6.45) is -4.50. The molecule has 0 aliphatic carbocycles. The Bertz CT molecular complexity index is 672. The monoisotopic (exact) mass is 295 g/mol. The van der Waals surface area contributed by atoms with Crippen molar-refractivity contribution in [1.29, 1.82) is 5.26 Å². The minimum Gasteiger partial charge on any atom is -0.198 e. The summed E-state index contributed by atoms with van der Waals surface area (Å²) in [6.45, 7) is 0. The van der Waals surface area contributed by atoms with E-state index < -0.39 is 11.7 Å². The van der Waals surface area contributed by atoms with Crippen LogP contribution in [0, 0.1) is 11.3 Å². The molecule has 0 spiro atoms. The van der Waals surface area contributed by atoms with Crippen molar-refractivity contribution in [2.24, 2.45) is 0 Å². The molecule has 2 rings (SSSR count). The van der Waals surface area contributed by atoms with E-state index in [1.165, 1.54) is 18.2 Å². The number of halogens is 4. The standard InChI is InChI=1S/C15H9ClF3N/c16-14-7-3-5-10(12(14)8-9-20)11-4-1-2-6-13(11)15(17,18)19/h1-7H,8H2. The van der Waals surface area contributed by atoms with Gasteiger partial charge in [0.15, 0.2) is 0 Å². The summed E-state index contributed by atoms with van der Waals surface area (Å²) < 4.78 is 39.2. The lowest BCUT2D eigenvalue weighted by molar-refractivity contribution is -0.137. The average Bonchev–Trinajstić information content (AvgIpc) is 2.40. The van der Waals surface area contributed by atoms with Crippen molar-refractivity contribution in [1.82, 2.24) is 0 Å². The van der Waals surface area contributed by atoms with Crippen molar-refractivity contribution >= 4 is 11.6 Å². The van der Waals surface area contributed by atoms with Gasteiger partial charge in [0.2, 0.25) is 0 Å². The van der Waals surface area contributed by atoms with Gasteiger partial charge >= 0.3 is 6.18 Å². The van der Waals surface area contributed by atoms with E-state index in [1.807, 2.05) is 6.07 Å². The van der Waals surface area contributed by atoms with Crippen molar-refractivity contribution in [3.63, 3.8) is 0 Å². The van der Waals surface area contributed by atoms with E-state index in [2.05, 4.69) is 0 Å². The number of hydrogen-bond acceptors (Lipinski definition) is 1. The molecule has 0 radical (unpaired) electrons. The van der Waals surface area contributed by atoms with Gasteiger partial charge in [-0.25, -0.2) is 0 Å². The summed E-state index contributed by atoms with van der Waals surface area (Å²) in [5, 5.41) is 9.11. The van der Waals surface area contributed by atoms with E-state index in [1.54, 1.807) is 18.2 Å². The van der Waals surface area contributed by atoms with E-state index in [-0.39, 0.29) is 12.0 Å². The zero-order chi connectivity index (χ0) is 14.8. The van der Waals surface area contributed by atoms with Gasteiger partial charge in [-0.05, 0) is 28.8 Å². The fourth-order valence-corrected chi connectivity index (χ4v) is 2.28. The Morgan fingerprint density at radius 1 is 1.00 bits per heavy atom. The van der Waals surface area contributed by atoms with Crippen LogP contribution in [0.5, 0.6) is 0 Å². The molecule has 2 aromatic rings. The molecule has 0 aromatic heterocycles. The fourth-order valence-electron chi connectivity index (χ4n) is 2.03. The minimum absolute atomic E-state index is 0.0350. The fraction of sp³-hybridized carbons (Fsp3) is 0.133. The predicted molar refractivity (Wildman–Crippen MR) is 71.2 cm³/mol. The molecule has 0 bridgehead atoms. The Hall–Kier alpha value is -1.99. The van der Waals surface area contributed by atoms with Crippen molar-refractivity contribution in [3.8, 4) is 17.2 Å². The summed E-state index contributed by atoms with van der Waals surface area (Å²) >= 11 is 5.99. The summed E-state index contributed by atoms with van der Waals surface area (Å²) in [6, 6.07) is 11.9. The molecular weight excluding hydrogens is 287 g/mol.